The largest absolute Gasteiger partial charge is 0.472 e. The molecule has 0 aliphatic carbocycles. The summed E-state index contributed by atoms with van der Waals surface area (Å²) in [7, 11) is 0. The highest BCUT2D eigenvalue weighted by Gasteiger charge is 2.32. The molecular formula is C19H18F3N3O. The number of rotatable bonds is 2. The van der Waals surface area contributed by atoms with E-state index in [1.807, 2.05) is 0 Å². The predicted octanol–water partition coefficient (Wildman–Crippen LogP) is 4.70. The van der Waals surface area contributed by atoms with Gasteiger partial charge < -0.3 is 9.64 Å². The number of fused-ring (bicyclic) bond motifs is 1. The fourth-order valence-corrected chi connectivity index (χ4v) is 3.35. The molecule has 26 heavy (non-hydrogen) atoms. The van der Waals surface area contributed by atoms with E-state index < -0.39 is 11.7 Å². The number of hydrogen-bond acceptors (Lipinski definition) is 4. The van der Waals surface area contributed by atoms with Crippen molar-refractivity contribution in [2.45, 2.75) is 32.0 Å². The van der Waals surface area contributed by atoms with Crippen LogP contribution in [0, 0.1) is 0 Å². The number of nitrogens with zero attached hydrogens (tertiary/aromatic N) is 3. The minimum Gasteiger partial charge on any atom is -0.472 e. The van der Waals surface area contributed by atoms with Gasteiger partial charge in [0.05, 0.1) is 28.7 Å². The molecular weight excluding hydrogens is 343 g/mol. The molecule has 1 aromatic heterocycles. The van der Waals surface area contributed by atoms with Crippen molar-refractivity contribution in [3.63, 3.8) is 0 Å². The molecule has 1 saturated heterocycles. The van der Waals surface area contributed by atoms with Crippen molar-refractivity contribution >= 4 is 17.3 Å². The van der Waals surface area contributed by atoms with Crippen LogP contribution in [0.4, 0.5) is 24.5 Å². The van der Waals surface area contributed by atoms with Gasteiger partial charge in [0.15, 0.2) is 0 Å². The van der Waals surface area contributed by atoms with E-state index in [4.69, 9.17) is 4.74 Å². The van der Waals surface area contributed by atoms with Gasteiger partial charge in [-0.1, -0.05) is 6.07 Å². The Morgan fingerprint density at radius 2 is 1.85 bits per heavy atom. The summed E-state index contributed by atoms with van der Waals surface area (Å²) in [4.78, 5) is 10.8. The normalized spacial score (nSPS) is 17.3. The molecule has 2 aliphatic rings. The van der Waals surface area contributed by atoms with Crippen LogP contribution in [0.1, 0.15) is 36.0 Å². The van der Waals surface area contributed by atoms with Crippen LogP contribution in [0.5, 0.6) is 0 Å². The van der Waals surface area contributed by atoms with Gasteiger partial charge in [-0.2, -0.15) is 13.2 Å². The van der Waals surface area contributed by atoms with Crippen LogP contribution in [-0.2, 0) is 17.5 Å². The minimum absolute atomic E-state index is 0.202. The Bertz CT molecular complexity index is 842. The molecule has 0 bridgehead atoms. The first kappa shape index (κ1) is 16.9. The van der Waals surface area contributed by atoms with Crippen LogP contribution in [0.25, 0.3) is 0 Å². The summed E-state index contributed by atoms with van der Waals surface area (Å²) in [6, 6.07) is 5.38. The third-order valence-electron chi connectivity index (χ3n) is 4.73. The van der Waals surface area contributed by atoms with E-state index in [0.717, 1.165) is 49.3 Å². The standard InChI is InChI=1S/C19H18F3N3O/c20-19(21,22)14-5-4-13-12-26-18(24-16(13)10-14)15-6-7-23-11-17(15)25-8-2-1-3-9-25/h4-7,10-11H,1-3,8-9,12H2. The number of piperidine rings is 1. The Balaban J connectivity index is 1.73. The lowest BCUT2D eigenvalue weighted by molar-refractivity contribution is -0.137. The van der Waals surface area contributed by atoms with E-state index in [-0.39, 0.29) is 6.61 Å². The van der Waals surface area contributed by atoms with Gasteiger partial charge in [-0.25, -0.2) is 4.99 Å². The molecule has 4 rings (SSSR count). The van der Waals surface area contributed by atoms with Gasteiger partial charge in [-0.15, -0.1) is 0 Å². The molecule has 4 nitrogen and oxygen atoms in total. The van der Waals surface area contributed by atoms with E-state index in [0.29, 0.717) is 17.1 Å². The fourth-order valence-electron chi connectivity index (χ4n) is 3.35. The second kappa shape index (κ2) is 6.63. The summed E-state index contributed by atoms with van der Waals surface area (Å²) in [5.41, 5.74) is 1.94. The lowest BCUT2D eigenvalue weighted by Gasteiger charge is -2.30. The highest BCUT2D eigenvalue weighted by molar-refractivity contribution is 6.01. The van der Waals surface area contributed by atoms with Gasteiger partial charge in [0.2, 0.25) is 5.90 Å². The Hall–Kier alpha value is -2.57. The summed E-state index contributed by atoms with van der Waals surface area (Å²) in [5, 5.41) is 0. The maximum Gasteiger partial charge on any atom is 0.416 e. The number of pyridine rings is 1. The molecule has 136 valence electrons. The first-order valence-corrected chi connectivity index (χ1v) is 8.63. The average molecular weight is 361 g/mol. The van der Waals surface area contributed by atoms with E-state index >= 15 is 0 Å². The van der Waals surface area contributed by atoms with Crippen molar-refractivity contribution < 1.29 is 17.9 Å². The van der Waals surface area contributed by atoms with Crippen LogP contribution >= 0.6 is 0 Å². The van der Waals surface area contributed by atoms with Crippen LogP contribution in [0.15, 0.2) is 41.7 Å². The molecule has 0 radical (unpaired) electrons. The van der Waals surface area contributed by atoms with Gasteiger partial charge >= 0.3 is 6.18 Å². The summed E-state index contributed by atoms with van der Waals surface area (Å²) in [6.07, 6.45) is 2.46. The Kier molecular flexibility index (Phi) is 4.30. The average Bonchev–Trinajstić information content (AvgIpc) is 2.67. The molecule has 0 atom stereocenters. The SMILES string of the molecule is FC(F)(F)c1ccc2c(c1)N=C(c1ccncc1N1CCCCC1)OC2. The molecule has 0 spiro atoms. The zero-order valence-electron chi connectivity index (χ0n) is 14.1. The number of aromatic nitrogens is 1. The zero-order valence-corrected chi connectivity index (χ0v) is 14.1. The van der Waals surface area contributed by atoms with Crippen molar-refractivity contribution in [1.82, 2.24) is 4.98 Å². The summed E-state index contributed by atoms with van der Waals surface area (Å²) < 4.78 is 44.7. The molecule has 2 aromatic rings. The number of benzene rings is 1. The smallest absolute Gasteiger partial charge is 0.416 e. The van der Waals surface area contributed by atoms with Gasteiger partial charge in [0.25, 0.3) is 0 Å². The van der Waals surface area contributed by atoms with E-state index in [2.05, 4.69) is 14.9 Å². The van der Waals surface area contributed by atoms with Crippen LogP contribution < -0.4 is 4.90 Å². The van der Waals surface area contributed by atoms with Crippen molar-refractivity contribution in [1.29, 1.82) is 0 Å². The van der Waals surface area contributed by atoms with Crippen LogP contribution in [-0.4, -0.2) is 24.0 Å². The predicted molar refractivity (Wildman–Crippen MR) is 92.7 cm³/mol. The van der Waals surface area contributed by atoms with Gasteiger partial charge in [0, 0.05) is 24.8 Å². The number of hydrogen-bond donors (Lipinski definition) is 0. The first-order valence-electron chi connectivity index (χ1n) is 8.63. The summed E-state index contributed by atoms with van der Waals surface area (Å²) in [5.74, 6) is 0.347. The summed E-state index contributed by atoms with van der Waals surface area (Å²) >= 11 is 0. The second-order valence-corrected chi connectivity index (χ2v) is 6.49. The number of anilines is 1. The van der Waals surface area contributed by atoms with Gasteiger partial charge in [0.1, 0.15) is 6.61 Å². The molecule has 7 heteroatoms. The van der Waals surface area contributed by atoms with E-state index in [9.17, 15) is 13.2 Å². The van der Waals surface area contributed by atoms with Gasteiger partial charge in [-0.05, 0) is 37.5 Å². The quantitative estimate of drug-likeness (QED) is 0.778. The van der Waals surface area contributed by atoms with Crippen molar-refractivity contribution in [2.75, 3.05) is 18.0 Å². The van der Waals surface area contributed by atoms with Crippen molar-refractivity contribution in [3.8, 4) is 0 Å². The molecule has 1 fully saturated rings. The van der Waals surface area contributed by atoms with Crippen LogP contribution in [0.3, 0.4) is 0 Å². The summed E-state index contributed by atoms with van der Waals surface area (Å²) in [6.45, 7) is 2.07. The molecule has 0 unspecified atom stereocenters. The topological polar surface area (TPSA) is 37.7 Å². The Morgan fingerprint density at radius 1 is 1.04 bits per heavy atom. The third kappa shape index (κ3) is 3.25. The van der Waals surface area contributed by atoms with Crippen molar-refractivity contribution in [3.05, 3.63) is 53.3 Å². The highest BCUT2D eigenvalue weighted by atomic mass is 19.4. The lowest BCUT2D eigenvalue weighted by Crippen LogP contribution is -2.31. The molecule has 0 amide bonds. The number of aliphatic imine (C=N–C) groups is 1. The maximum absolute atomic E-state index is 13.0. The zero-order chi connectivity index (χ0) is 18.1. The molecule has 0 saturated carbocycles. The monoisotopic (exact) mass is 361 g/mol. The minimum atomic E-state index is -4.39. The van der Waals surface area contributed by atoms with Crippen molar-refractivity contribution in [2.24, 2.45) is 4.99 Å². The molecule has 2 aliphatic heterocycles. The molecule has 1 aromatic carbocycles. The number of ether oxygens (including phenoxy) is 1. The highest BCUT2D eigenvalue weighted by Crippen LogP contribution is 2.36. The fraction of sp³-hybridized carbons (Fsp3) is 0.368. The Morgan fingerprint density at radius 3 is 2.62 bits per heavy atom. The van der Waals surface area contributed by atoms with E-state index in [1.54, 1.807) is 18.5 Å². The molecule has 0 N–H and O–H groups in total. The van der Waals surface area contributed by atoms with Crippen LogP contribution in [0.2, 0.25) is 0 Å². The Labute approximate surface area is 149 Å². The first-order chi connectivity index (χ1) is 12.5. The number of alkyl halides is 3. The van der Waals surface area contributed by atoms with E-state index in [1.165, 1.54) is 12.5 Å². The maximum atomic E-state index is 13.0. The third-order valence-corrected chi connectivity index (χ3v) is 4.73. The lowest BCUT2D eigenvalue weighted by atomic mass is 10.1. The van der Waals surface area contributed by atoms with Gasteiger partial charge in [-0.3, -0.25) is 4.98 Å². The number of halogens is 3. The molecule has 3 heterocycles. The second-order valence-electron chi connectivity index (χ2n) is 6.49.